The molecule has 184 valence electrons. The number of ether oxygens (including phenoxy) is 1. The highest BCUT2D eigenvalue weighted by Crippen LogP contribution is 2.41. The van der Waals surface area contributed by atoms with Crippen LogP contribution in [0.2, 0.25) is 0 Å². The Morgan fingerprint density at radius 2 is 1.80 bits per heavy atom. The molecule has 1 aliphatic carbocycles. The molecule has 0 unspecified atom stereocenters. The van der Waals surface area contributed by atoms with Gasteiger partial charge in [0.05, 0.1) is 18.9 Å². The van der Waals surface area contributed by atoms with Crippen LogP contribution >= 0.6 is 11.8 Å². The normalized spacial score (nSPS) is 17.2. The summed E-state index contributed by atoms with van der Waals surface area (Å²) in [5, 5.41) is 12.9. The maximum Gasteiger partial charge on any atom is 0.230 e. The van der Waals surface area contributed by atoms with Gasteiger partial charge >= 0.3 is 0 Å². The first-order chi connectivity index (χ1) is 17.2. The van der Waals surface area contributed by atoms with Crippen molar-refractivity contribution in [3.8, 4) is 11.4 Å². The van der Waals surface area contributed by atoms with Crippen molar-refractivity contribution < 1.29 is 9.53 Å². The van der Waals surface area contributed by atoms with E-state index in [0.29, 0.717) is 18.2 Å². The largest absolute Gasteiger partial charge is 0.497 e. The Bertz CT molecular complexity index is 1110. The third kappa shape index (κ3) is 5.87. The van der Waals surface area contributed by atoms with Gasteiger partial charge in [0.1, 0.15) is 11.6 Å². The lowest BCUT2D eigenvalue weighted by atomic mass is 10.0. The average Bonchev–Trinajstić information content (AvgIpc) is 3.68. The van der Waals surface area contributed by atoms with Gasteiger partial charge in [0.25, 0.3) is 0 Å². The summed E-state index contributed by atoms with van der Waals surface area (Å²) in [4.78, 5) is 15.4. The predicted octanol–water partition coefficient (Wildman–Crippen LogP) is 4.59. The lowest BCUT2D eigenvalue weighted by Gasteiger charge is -2.35. The first kappa shape index (κ1) is 23.9. The van der Waals surface area contributed by atoms with Gasteiger partial charge < -0.3 is 10.1 Å². The van der Waals surface area contributed by atoms with Crippen LogP contribution in [0.1, 0.15) is 55.5 Å². The number of aromatic nitrogens is 3. The Balaban J connectivity index is 1.24. The molecule has 2 heterocycles. The van der Waals surface area contributed by atoms with Gasteiger partial charge in [-0.05, 0) is 68.6 Å². The van der Waals surface area contributed by atoms with Gasteiger partial charge in [-0.1, -0.05) is 48.5 Å². The molecular weight excluding hydrogens is 458 g/mol. The van der Waals surface area contributed by atoms with Crippen LogP contribution in [0.3, 0.4) is 0 Å². The summed E-state index contributed by atoms with van der Waals surface area (Å²) < 4.78 is 7.44. The van der Waals surface area contributed by atoms with Crippen LogP contribution in [0, 0.1) is 0 Å². The zero-order valence-corrected chi connectivity index (χ0v) is 21.0. The van der Waals surface area contributed by atoms with E-state index in [1.165, 1.54) is 36.6 Å². The van der Waals surface area contributed by atoms with Gasteiger partial charge in [-0.25, -0.2) is 0 Å². The summed E-state index contributed by atoms with van der Waals surface area (Å²) in [5.74, 6) is 2.65. The standard InChI is InChI=1S/C27H33N5O2S/c1-34-23-14-12-20(13-15-23)24(31-16-6-3-7-17-31)18-28-25(33)19-35-27-30-29-26(21-10-11-21)32(27)22-8-4-2-5-9-22/h2,4-5,8-9,12-15,21,24H,3,6-7,10-11,16-19H2,1H3,(H,28,33)/t24-/m1/s1. The SMILES string of the molecule is COc1ccc([C@@H](CNC(=O)CSc2nnc(C3CC3)n2-c2ccccc2)N2CCCCC2)cc1. The van der Waals surface area contributed by atoms with E-state index in [1.807, 2.05) is 30.3 Å². The zero-order chi connectivity index (χ0) is 24.0. The molecule has 7 nitrogen and oxygen atoms in total. The number of methoxy groups -OCH3 is 1. The van der Waals surface area contributed by atoms with Gasteiger partial charge in [-0.2, -0.15) is 0 Å². The van der Waals surface area contributed by atoms with Crippen molar-refractivity contribution in [3.05, 3.63) is 66.0 Å². The van der Waals surface area contributed by atoms with Gasteiger partial charge in [-0.3, -0.25) is 14.3 Å². The van der Waals surface area contributed by atoms with Crippen molar-refractivity contribution in [2.45, 2.75) is 49.2 Å². The number of carbonyl (C=O) groups excluding carboxylic acids is 1. The number of amides is 1. The van der Waals surface area contributed by atoms with Crippen molar-refractivity contribution in [2.75, 3.05) is 32.5 Å². The molecule has 2 aliphatic rings. The molecule has 35 heavy (non-hydrogen) atoms. The number of likely N-dealkylation sites (tertiary alicyclic amines) is 1. The van der Waals surface area contributed by atoms with E-state index in [-0.39, 0.29) is 11.9 Å². The smallest absolute Gasteiger partial charge is 0.230 e. The van der Waals surface area contributed by atoms with Crippen LogP contribution in [0.15, 0.2) is 59.8 Å². The van der Waals surface area contributed by atoms with Gasteiger partial charge in [0.2, 0.25) is 5.91 Å². The topological polar surface area (TPSA) is 72.3 Å². The fraction of sp³-hybridized carbons (Fsp3) is 0.444. The fourth-order valence-electron chi connectivity index (χ4n) is 4.71. The Hall–Kier alpha value is -2.84. The number of para-hydroxylation sites is 1. The van der Waals surface area contributed by atoms with E-state index in [2.05, 4.69) is 49.2 Å². The molecule has 1 saturated carbocycles. The molecule has 2 fully saturated rings. The maximum atomic E-state index is 12.9. The van der Waals surface area contributed by atoms with E-state index < -0.39 is 0 Å². The summed E-state index contributed by atoms with van der Waals surface area (Å²) in [7, 11) is 1.68. The number of thioether (sulfide) groups is 1. The number of piperidine rings is 1. The molecule has 0 radical (unpaired) electrons. The second kappa shape index (κ2) is 11.3. The third-order valence-corrected chi connectivity index (χ3v) is 7.70. The Labute approximate surface area is 211 Å². The summed E-state index contributed by atoms with van der Waals surface area (Å²) in [6, 6.07) is 18.6. The van der Waals surface area contributed by atoms with E-state index >= 15 is 0 Å². The number of hydrogen-bond acceptors (Lipinski definition) is 6. The molecule has 3 aromatic rings. The molecule has 1 saturated heterocycles. The first-order valence-corrected chi connectivity index (χ1v) is 13.5. The van der Waals surface area contributed by atoms with Gasteiger partial charge in [0, 0.05) is 18.2 Å². The van der Waals surface area contributed by atoms with Gasteiger partial charge in [0.15, 0.2) is 5.16 Å². The highest BCUT2D eigenvalue weighted by atomic mass is 32.2. The van der Waals surface area contributed by atoms with Crippen LogP contribution in [-0.2, 0) is 4.79 Å². The molecule has 1 aromatic heterocycles. The molecule has 0 bridgehead atoms. The van der Waals surface area contributed by atoms with E-state index in [1.54, 1.807) is 7.11 Å². The molecule has 1 amide bonds. The lowest BCUT2D eigenvalue weighted by molar-refractivity contribution is -0.118. The van der Waals surface area contributed by atoms with Crippen LogP contribution < -0.4 is 10.1 Å². The van der Waals surface area contributed by atoms with E-state index in [9.17, 15) is 4.79 Å². The van der Waals surface area contributed by atoms with Crippen molar-refractivity contribution in [1.82, 2.24) is 25.0 Å². The molecule has 1 atom stereocenters. The number of carbonyl (C=O) groups is 1. The lowest BCUT2D eigenvalue weighted by Crippen LogP contribution is -2.41. The molecule has 5 rings (SSSR count). The quantitative estimate of drug-likeness (QED) is 0.418. The fourth-order valence-corrected chi connectivity index (χ4v) is 5.49. The Morgan fingerprint density at radius 1 is 1.06 bits per heavy atom. The van der Waals surface area contributed by atoms with Crippen molar-refractivity contribution in [2.24, 2.45) is 0 Å². The number of nitrogens with one attached hydrogen (secondary N) is 1. The van der Waals surface area contributed by atoms with Crippen molar-refractivity contribution >= 4 is 17.7 Å². The number of benzene rings is 2. The molecular formula is C27H33N5O2S. The molecule has 1 aliphatic heterocycles. The summed E-state index contributed by atoms with van der Waals surface area (Å²) in [5.41, 5.74) is 2.26. The number of hydrogen-bond donors (Lipinski definition) is 1. The van der Waals surface area contributed by atoms with Gasteiger partial charge in [-0.15, -0.1) is 10.2 Å². The Morgan fingerprint density at radius 3 is 2.49 bits per heavy atom. The van der Waals surface area contributed by atoms with Crippen molar-refractivity contribution in [1.29, 1.82) is 0 Å². The minimum atomic E-state index is 0.0149. The summed E-state index contributed by atoms with van der Waals surface area (Å²) >= 11 is 1.45. The Kier molecular flexibility index (Phi) is 7.69. The zero-order valence-electron chi connectivity index (χ0n) is 20.2. The van der Waals surface area contributed by atoms with Crippen molar-refractivity contribution in [3.63, 3.8) is 0 Å². The minimum absolute atomic E-state index is 0.0149. The number of nitrogens with zero attached hydrogens (tertiary/aromatic N) is 4. The van der Waals surface area contributed by atoms with Crippen LogP contribution in [0.4, 0.5) is 0 Å². The van der Waals surface area contributed by atoms with Crippen LogP contribution in [0.5, 0.6) is 5.75 Å². The summed E-state index contributed by atoms with van der Waals surface area (Å²) in [6.07, 6.45) is 5.99. The van der Waals surface area contributed by atoms with E-state index in [0.717, 1.165) is 48.3 Å². The van der Waals surface area contributed by atoms with Crippen LogP contribution in [-0.4, -0.2) is 58.1 Å². The molecule has 0 spiro atoms. The molecule has 2 aromatic carbocycles. The maximum absolute atomic E-state index is 12.9. The highest BCUT2D eigenvalue weighted by molar-refractivity contribution is 7.99. The molecule has 1 N–H and O–H groups in total. The first-order valence-electron chi connectivity index (χ1n) is 12.5. The van der Waals surface area contributed by atoms with Crippen LogP contribution in [0.25, 0.3) is 5.69 Å². The van der Waals surface area contributed by atoms with E-state index in [4.69, 9.17) is 4.74 Å². The molecule has 8 heteroatoms. The monoisotopic (exact) mass is 491 g/mol. The average molecular weight is 492 g/mol. The third-order valence-electron chi connectivity index (χ3n) is 6.77. The highest BCUT2D eigenvalue weighted by Gasteiger charge is 2.31. The predicted molar refractivity (Wildman–Crippen MR) is 138 cm³/mol. The second-order valence-electron chi connectivity index (χ2n) is 9.26. The summed E-state index contributed by atoms with van der Waals surface area (Å²) in [6.45, 7) is 2.71. The minimum Gasteiger partial charge on any atom is -0.497 e. The number of rotatable bonds is 10. The second-order valence-corrected chi connectivity index (χ2v) is 10.2.